The topological polar surface area (TPSA) is 237 Å². The van der Waals surface area contributed by atoms with Crippen LogP contribution in [0.1, 0.15) is 350 Å². The standard InChI is InChI=1S/C70H136O17P2/c1-8-9-10-11-12-13-14-17-21-24-29-37-44-51-67(72)80-57-65(86-69(74)53-46-39-30-25-22-19-16-15-18-20-23-27-34-41-48-61(2)3)59-84-88(76,77)82-55-64(71)56-83-89(78,79)85-60-66(58-81-68(73)52-45-38-33-32-36-43-50-63(6)7)87-70(75)54-47-40-31-26-28-35-42-49-62(4)5/h61-66,71H,8-60H2,1-7H3,(H,76,77)(H,78,79)/t64-,65-,66-/m1/s1. The predicted molar refractivity (Wildman–Crippen MR) is 358 cm³/mol. The number of rotatable bonds is 68. The van der Waals surface area contributed by atoms with Crippen molar-refractivity contribution in [2.45, 2.75) is 369 Å². The summed E-state index contributed by atoms with van der Waals surface area (Å²) in [5.41, 5.74) is 0. The third-order valence-electron chi connectivity index (χ3n) is 16.1. The van der Waals surface area contributed by atoms with Crippen molar-refractivity contribution in [3.05, 3.63) is 0 Å². The second-order valence-electron chi connectivity index (χ2n) is 26.7. The van der Waals surface area contributed by atoms with Crippen LogP contribution in [0, 0.1) is 17.8 Å². The quantitative estimate of drug-likeness (QED) is 0.0222. The van der Waals surface area contributed by atoms with Crippen LogP contribution in [-0.2, 0) is 65.4 Å². The number of aliphatic hydroxyl groups excluding tert-OH is 1. The summed E-state index contributed by atoms with van der Waals surface area (Å²) in [7, 11) is -9.90. The molecule has 0 bridgehead atoms. The van der Waals surface area contributed by atoms with Crippen molar-refractivity contribution >= 4 is 39.5 Å². The lowest BCUT2D eigenvalue weighted by Crippen LogP contribution is -2.30. The maximum Gasteiger partial charge on any atom is 0.472 e. The smallest absolute Gasteiger partial charge is 0.462 e. The Kier molecular flexibility index (Phi) is 59.6. The van der Waals surface area contributed by atoms with Gasteiger partial charge in [0.25, 0.3) is 0 Å². The molecule has 528 valence electrons. The van der Waals surface area contributed by atoms with Crippen molar-refractivity contribution in [1.82, 2.24) is 0 Å². The Hall–Kier alpha value is -1.94. The molecule has 0 spiro atoms. The highest BCUT2D eigenvalue weighted by Gasteiger charge is 2.30. The molecule has 0 rings (SSSR count). The number of phosphoric ester groups is 2. The molecule has 0 saturated heterocycles. The highest BCUT2D eigenvalue weighted by atomic mass is 31.2. The summed E-state index contributed by atoms with van der Waals surface area (Å²) in [6.07, 6.45) is 44.7. The Morgan fingerprint density at radius 1 is 0.303 bits per heavy atom. The van der Waals surface area contributed by atoms with Gasteiger partial charge in [0.15, 0.2) is 12.2 Å². The first-order valence-electron chi connectivity index (χ1n) is 36.3. The van der Waals surface area contributed by atoms with E-state index >= 15 is 0 Å². The van der Waals surface area contributed by atoms with Gasteiger partial charge in [-0.15, -0.1) is 0 Å². The van der Waals surface area contributed by atoms with Gasteiger partial charge in [0.2, 0.25) is 0 Å². The lowest BCUT2D eigenvalue weighted by Gasteiger charge is -2.21. The third kappa shape index (κ3) is 64.6. The van der Waals surface area contributed by atoms with E-state index in [0.717, 1.165) is 102 Å². The molecule has 0 aliphatic heterocycles. The SMILES string of the molecule is CCCCCCCCCCCCCCCC(=O)OC[C@H](COP(=O)(O)OC[C@@H](O)COP(=O)(O)OC[C@@H](COC(=O)CCCCCCCCC(C)C)OC(=O)CCCCCCCCCC(C)C)OC(=O)CCCCCCCCCCCCCCCCC(C)C. The number of aliphatic hydroxyl groups is 1. The van der Waals surface area contributed by atoms with Crippen molar-refractivity contribution < 1.29 is 80.2 Å². The van der Waals surface area contributed by atoms with Crippen molar-refractivity contribution in [2.24, 2.45) is 17.8 Å². The summed E-state index contributed by atoms with van der Waals surface area (Å²) in [6.45, 7) is 11.7. The van der Waals surface area contributed by atoms with E-state index in [9.17, 15) is 43.2 Å². The minimum atomic E-state index is -4.95. The number of ether oxygens (including phenoxy) is 4. The van der Waals surface area contributed by atoms with Crippen molar-refractivity contribution in [3.8, 4) is 0 Å². The largest absolute Gasteiger partial charge is 0.472 e. The van der Waals surface area contributed by atoms with E-state index in [2.05, 4.69) is 48.5 Å². The van der Waals surface area contributed by atoms with E-state index in [0.29, 0.717) is 37.5 Å². The summed E-state index contributed by atoms with van der Waals surface area (Å²) in [4.78, 5) is 72.5. The molecular formula is C70H136O17P2. The molecule has 89 heavy (non-hydrogen) atoms. The highest BCUT2D eigenvalue weighted by molar-refractivity contribution is 7.47. The van der Waals surface area contributed by atoms with Gasteiger partial charge in [-0.1, -0.05) is 299 Å². The second kappa shape index (κ2) is 61.0. The zero-order valence-corrected chi connectivity index (χ0v) is 59.7. The van der Waals surface area contributed by atoms with Crippen molar-refractivity contribution in [3.63, 3.8) is 0 Å². The molecule has 0 heterocycles. The molecule has 0 aromatic rings. The molecule has 2 unspecified atom stereocenters. The first-order chi connectivity index (χ1) is 42.7. The van der Waals surface area contributed by atoms with Gasteiger partial charge in [0, 0.05) is 25.7 Å². The minimum Gasteiger partial charge on any atom is -0.462 e. The molecule has 0 amide bonds. The molecule has 19 heteroatoms. The Morgan fingerprint density at radius 3 is 0.764 bits per heavy atom. The number of phosphoric acid groups is 2. The van der Waals surface area contributed by atoms with E-state index in [1.165, 1.54) is 154 Å². The van der Waals surface area contributed by atoms with Crippen LogP contribution < -0.4 is 0 Å². The average Bonchev–Trinajstić information content (AvgIpc) is 3.49. The Morgan fingerprint density at radius 2 is 0.517 bits per heavy atom. The molecule has 0 aromatic carbocycles. The molecule has 0 aliphatic carbocycles. The summed E-state index contributed by atoms with van der Waals surface area (Å²) >= 11 is 0. The number of carbonyl (C=O) groups excluding carboxylic acids is 4. The van der Waals surface area contributed by atoms with E-state index in [-0.39, 0.29) is 25.7 Å². The average molecular weight is 1310 g/mol. The number of carbonyl (C=O) groups is 4. The van der Waals surface area contributed by atoms with Crippen molar-refractivity contribution in [2.75, 3.05) is 39.6 Å². The van der Waals surface area contributed by atoms with Gasteiger partial charge in [-0.3, -0.25) is 37.3 Å². The van der Waals surface area contributed by atoms with Crippen LogP contribution in [0.15, 0.2) is 0 Å². The van der Waals surface area contributed by atoms with Gasteiger partial charge >= 0.3 is 39.5 Å². The predicted octanol–water partition coefficient (Wildman–Crippen LogP) is 19.8. The van der Waals surface area contributed by atoms with E-state index in [1.807, 2.05) is 0 Å². The van der Waals surface area contributed by atoms with Gasteiger partial charge in [0.1, 0.15) is 19.3 Å². The fraction of sp³-hybridized carbons (Fsp3) is 0.943. The molecular weight excluding hydrogens is 1170 g/mol. The number of unbranched alkanes of at least 4 members (excludes halogenated alkanes) is 36. The normalized spacial score (nSPS) is 14.2. The monoisotopic (exact) mass is 1310 g/mol. The zero-order valence-electron chi connectivity index (χ0n) is 57.9. The molecule has 0 aliphatic rings. The van der Waals surface area contributed by atoms with Gasteiger partial charge in [-0.25, -0.2) is 9.13 Å². The highest BCUT2D eigenvalue weighted by Crippen LogP contribution is 2.45. The summed E-state index contributed by atoms with van der Waals surface area (Å²) in [5.74, 6) is 0.0408. The maximum atomic E-state index is 13.0. The van der Waals surface area contributed by atoms with Crippen molar-refractivity contribution in [1.29, 1.82) is 0 Å². The van der Waals surface area contributed by atoms with Crippen LogP contribution >= 0.6 is 15.6 Å². The third-order valence-corrected chi connectivity index (χ3v) is 18.0. The van der Waals surface area contributed by atoms with Crippen LogP contribution in [0.5, 0.6) is 0 Å². The molecule has 3 N–H and O–H groups in total. The Labute approximate surface area is 543 Å². The number of esters is 4. The van der Waals surface area contributed by atoms with Gasteiger partial charge in [-0.05, 0) is 43.4 Å². The molecule has 0 radical (unpaired) electrons. The molecule has 0 saturated carbocycles. The van der Waals surface area contributed by atoms with Crippen LogP contribution in [-0.4, -0.2) is 96.7 Å². The van der Waals surface area contributed by atoms with E-state index in [1.54, 1.807) is 0 Å². The minimum absolute atomic E-state index is 0.102. The second-order valence-corrected chi connectivity index (χ2v) is 29.6. The van der Waals surface area contributed by atoms with Crippen LogP contribution in [0.3, 0.4) is 0 Å². The number of hydrogen-bond acceptors (Lipinski definition) is 15. The summed E-state index contributed by atoms with van der Waals surface area (Å²) in [5, 5.41) is 10.6. The molecule has 17 nitrogen and oxygen atoms in total. The maximum absolute atomic E-state index is 13.0. The first-order valence-corrected chi connectivity index (χ1v) is 39.3. The molecule has 5 atom stereocenters. The van der Waals surface area contributed by atoms with Gasteiger partial charge in [-0.2, -0.15) is 0 Å². The zero-order chi connectivity index (χ0) is 65.9. The van der Waals surface area contributed by atoms with Gasteiger partial charge in [0.05, 0.1) is 26.4 Å². The summed E-state index contributed by atoms with van der Waals surface area (Å²) < 4.78 is 68.2. The van der Waals surface area contributed by atoms with Gasteiger partial charge < -0.3 is 33.8 Å². The molecule has 0 fully saturated rings. The van der Waals surface area contributed by atoms with Crippen LogP contribution in [0.25, 0.3) is 0 Å². The van der Waals surface area contributed by atoms with E-state index in [4.69, 9.17) is 37.0 Å². The number of hydrogen-bond donors (Lipinski definition) is 3. The lowest BCUT2D eigenvalue weighted by atomic mass is 10.0. The van der Waals surface area contributed by atoms with Crippen LogP contribution in [0.2, 0.25) is 0 Å². The first kappa shape index (κ1) is 87.1. The summed E-state index contributed by atoms with van der Waals surface area (Å²) in [6, 6.07) is 0. The van der Waals surface area contributed by atoms with Crippen LogP contribution in [0.4, 0.5) is 0 Å². The Bertz CT molecular complexity index is 1750. The van der Waals surface area contributed by atoms with E-state index < -0.39 is 97.5 Å². The fourth-order valence-electron chi connectivity index (χ4n) is 10.5. The lowest BCUT2D eigenvalue weighted by molar-refractivity contribution is -0.161. The molecule has 0 aromatic heterocycles. The fourth-order valence-corrected chi connectivity index (χ4v) is 12.1. The Balaban J connectivity index is 5.23.